The number of hydrogen-bond acceptors (Lipinski definition) is 3. The first-order valence-corrected chi connectivity index (χ1v) is 9.70. The van der Waals surface area contributed by atoms with E-state index in [0.717, 1.165) is 50.1 Å². The van der Waals surface area contributed by atoms with Gasteiger partial charge in [-0.15, -0.1) is 0 Å². The number of carbonyl (C=O) groups is 1. The summed E-state index contributed by atoms with van der Waals surface area (Å²) in [6.45, 7) is 6.29. The summed E-state index contributed by atoms with van der Waals surface area (Å²) in [4.78, 5) is 14.9. The first kappa shape index (κ1) is 18.9. The van der Waals surface area contributed by atoms with Crippen molar-refractivity contribution in [2.75, 3.05) is 19.7 Å². The lowest BCUT2D eigenvalue weighted by Crippen LogP contribution is -2.33. The van der Waals surface area contributed by atoms with Gasteiger partial charge in [0.1, 0.15) is 0 Å². The van der Waals surface area contributed by atoms with E-state index in [2.05, 4.69) is 12.0 Å². The van der Waals surface area contributed by atoms with Crippen LogP contribution in [0.15, 0.2) is 30.5 Å². The number of likely N-dealkylation sites (tertiary alicyclic amines) is 1. The Labute approximate surface area is 159 Å². The number of carbonyl (C=O) groups excluding carboxylic acids is 1. The van der Waals surface area contributed by atoms with Gasteiger partial charge in [-0.25, -0.2) is 4.68 Å². The number of rotatable bonds is 5. The van der Waals surface area contributed by atoms with Crippen molar-refractivity contribution < 1.29 is 9.53 Å². The lowest BCUT2D eigenvalue weighted by atomic mass is 10.1. The minimum Gasteiger partial charge on any atom is -0.378 e. The maximum atomic E-state index is 13.0. The normalized spacial score (nSPS) is 18.0. The van der Waals surface area contributed by atoms with Crippen LogP contribution in [0.2, 0.25) is 5.02 Å². The second kappa shape index (κ2) is 8.69. The van der Waals surface area contributed by atoms with Crippen molar-refractivity contribution in [3.05, 3.63) is 46.7 Å². The highest BCUT2D eigenvalue weighted by Crippen LogP contribution is 2.22. The van der Waals surface area contributed by atoms with E-state index >= 15 is 0 Å². The lowest BCUT2D eigenvalue weighted by molar-refractivity contribution is 0.0432. The van der Waals surface area contributed by atoms with Crippen LogP contribution in [0.25, 0.3) is 5.69 Å². The summed E-state index contributed by atoms with van der Waals surface area (Å²) in [7, 11) is 0. The van der Waals surface area contributed by atoms with Crippen molar-refractivity contribution in [1.29, 1.82) is 0 Å². The molecule has 1 atom stereocenters. The zero-order valence-corrected chi connectivity index (χ0v) is 16.2. The lowest BCUT2D eigenvalue weighted by Gasteiger charge is -2.20. The van der Waals surface area contributed by atoms with Crippen molar-refractivity contribution in [2.24, 2.45) is 0 Å². The van der Waals surface area contributed by atoms with Crippen LogP contribution in [0, 0.1) is 6.92 Å². The Morgan fingerprint density at radius 3 is 2.88 bits per heavy atom. The summed E-state index contributed by atoms with van der Waals surface area (Å²) < 4.78 is 7.56. The van der Waals surface area contributed by atoms with Gasteiger partial charge in [0.2, 0.25) is 0 Å². The molecule has 3 rings (SSSR count). The molecular weight excluding hydrogens is 350 g/mol. The topological polar surface area (TPSA) is 47.4 Å². The summed E-state index contributed by atoms with van der Waals surface area (Å²) in [5, 5.41) is 5.14. The van der Waals surface area contributed by atoms with Gasteiger partial charge in [0.05, 0.1) is 16.8 Å². The van der Waals surface area contributed by atoms with Crippen molar-refractivity contribution in [3.8, 4) is 5.69 Å². The van der Waals surface area contributed by atoms with E-state index < -0.39 is 0 Å². The van der Waals surface area contributed by atoms with Gasteiger partial charge in [-0.1, -0.05) is 30.7 Å². The number of aryl methyl sites for hydroxylation is 1. The number of para-hydroxylation sites is 1. The van der Waals surface area contributed by atoms with Crippen molar-refractivity contribution >= 4 is 17.5 Å². The molecule has 26 heavy (non-hydrogen) atoms. The van der Waals surface area contributed by atoms with E-state index in [-0.39, 0.29) is 12.0 Å². The van der Waals surface area contributed by atoms with Crippen molar-refractivity contribution in [3.63, 3.8) is 0 Å². The second-order valence-corrected chi connectivity index (χ2v) is 7.18. The molecular formula is C20H26ClN3O2. The average Bonchev–Trinajstić information content (AvgIpc) is 2.87. The smallest absolute Gasteiger partial charge is 0.274 e. The Bertz CT molecular complexity index is 759. The predicted octanol–water partition coefficient (Wildman–Crippen LogP) is 4.26. The number of ether oxygens (including phenoxy) is 1. The molecule has 140 valence electrons. The van der Waals surface area contributed by atoms with Crippen LogP contribution in [-0.4, -0.2) is 46.4 Å². The summed E-state index contributed by atoms with van der Waals surface area (Å²) in [6, 6.07) is 7.50. The highest BCUT2D eigenvalue weighted by Gasteiger charge is 2.25. The fourth-order valence-corrected chi connectivity index (χ4v) is 3.52. The third-order valence-corrected chi connectivity index (χ3v) is 5.04. The summed E-state index contributed by atoms with van der Waals surface area (Å²) in [5.41, 5.74) is 2.14. The monoisotopic (exact) mass is 375 g/mol. The van der Waals surface area contributed by atoms with E-state index in [9.17, 15) is 4.79 Å². The maximum absolute atomic E-state index is 13.0. The Morgan fingerprint density at radius 2 is 2.12 bits per heavy atom. The van der Waals surface area contributed by atoms with Gasteiger partial charge in [0, 0.05) is 31.5 Å². The highest BCUT2D eigenvalue weighted by molar-refractivity contribution is 6.32. The van der Waals surface area contributed by atoms with Crippen molar-refractivity contribution in [1.82, 2.24) is 14.7 Å². The molecule has 0 unspecified atom stereocenters. The molecule has 6 heteroatoms. The molecule has 1 saturated heterocycles. The second-order valence-electron chi connectivity index (χ2n) is 6.77. The molecule has 0 saturated carbocycles. The van der Waals surface area contributed by atoms with Gasteiger partial charge in [0.25, 0.3) is 5.91 Å². The van der Waals surface area contributed by atoms with Crippen molar-refractivity contribution in [2.45, 2.75) is 45.6 Å². The molecule has 5 nitrogen and oxygen atoms in total. The van der Waals surface area contributed by atoms with Gasteiger partial charge < -0.3 is 9.64 Å². The molecule has 2 aromatic rings. The molecule has 0 bridgehead atoms. The molecule has 1 amide bonds. The number of halogens is 1. The van der Waals surface area contributed by atoms with Crippen LogP contribution in [0.3, 0.4) is 0 Å². The van der Waals surface area contributed by atoms with Crippen LogP contribution in [0.4, 0.5) is 0 Å². The molecule has 2 heterocycles. The zero-order valence-electron chi connectivity index (χ0n) is 15.4. The predicted molar refractivity (Wildman–Crippen MR) is 103 cm³/mol. The largest absolute Gasteiger partial charge is 0.378 e. The van der Waals surface area contributed by atoms with E-state index in [4.69, 9.17) is 16.3 Å². The number of nitrogens with zero attached hydrogens (tertiary/aromatic N) is 3. The van der Waals surface area contributed by atoms with E-state index in [1.54, 1.807) is 4.68 Å². The van der Waals surface area contributed by atoms with E-state index in [1.165, 1.54) is 0 Å². The Morgan fingerprint density at radius 1 is 1.31 bits per heavy atom. The molecule has 0 spiro atoms. The number of benzene rings is 1. The van der Waals surface area contributed by atoms with Crippen LogP contribution in [-0.2, 0) is 4.74 Å². The molecule has 1 aliphatic heterocycles. The van der Waals surface area contributed by atoms with Crippen LogP contribution in [0.5, 0.6) is 0 Å². The third kappa shape index (κ3) is 4.27. The Balaban J connectivity index is 1.73. The van der Waals surface area contributed by atoms with Gasteiger partial charge >= 0.3 is 0 Å². The Hall–Kier alpha value is -1.85. The molecule has 1 aromatic heterocycles. The zero-order chi connectivity index (χ0) is 18.5. The number of hydrogen-bond donors (Lipinski definition) is 0. The first-order valence-electron chi connectivity index (χ1n) is 9.32. The van der Waals surface area contributed by atoms with E-state index in [0.29, 0.717) is 17.3 Å². The van der Waals surface area contributed by atoms with E-state index in [1.807, 2.05) is 42.3 Å². The third-order valence-electron chi connectivity index (χ3n) is 4.72. The summed E-state index contributed by atoms with van der Waals surface area (Å²) >= 11 is 6.26. The standard InChI is InChI=1S/C20H26ClN3O2/c1-3-13-26-16-7-6-11-23(12-10-16)20(25)19-15(2)14-24(22-19)18-9-5-4-8-17(18)21/h4-5,8-9,14,16H,3,6-7,10-13H2,1-2H3/t16-/m1/s1. The summed E-state index contributed by atoms with van der Waals surface area (Å²) in [5.74, 6) is -0.00977. The maximum Gasteiger partial charge on any atom is 0.274 e. The molecule has 1 aliphatic rings. The molecule has 1 aromatic carbocycles. The summed E-state index contributed by atoms with van der Waals surface area (Å²) in [6.07, 6.45) is 6.00. The molecule has 1 fully saturated rings. The Kier molecular flexibility index (Phi) is 6.33. The minimum atomic E-state index is -0.00977. The average molecular weight is 376 g/mol. The fourth-order valence-electron chi connectivity index (χ4n) is 3.30. The SMILES string of the molecule is CCCO[C@@H]1CCCN(C(=O)c2nn(-c3ccccc3Cl)cc2C)CC1. The minimum absolute atomic E-state index is 0.00977. The van der Waals surface area contributed by atoms with Crippen LogP contribution >= 0.6 is 11.6 Å². The molecule has 0 radical (unpaired) electrons. The van der Waals surface area contributed by atoms with Gasteiger partial charge in [-0.3, -0.25) is 4.79 Å². The number of amides is 1. The first-order chi connectivity index (χ1) is 12.6. The molecule has 0 aliphatic carbocycles. The fraction of sp³-hybridized carbons (Fsp3) is 0.500. The van der Waals surface area contributed by atoms with Crippen LogP contribution < -0.4 is 0 Å². The number of aromatic nitrogens is 2. The van der Waals surface area contributed by atoms with Gasteiger partial charge in [-0.05, 0) is 44.7 Å². The van der Waals surface area contributed by atoms with Gasteiger partial charge in [-0.2, -0.15) is 5.10 Å². The highest BCUT2D eigenvalue weighted by atomic mass is 35.5. The quantitative estimate of drug-likeness (QED) is 0.784. The van der Waals surface area contributed by atoms with Gasteiger partial charge in [0.15, 0.2) is 5.69 Å². The van der Waals surface area contributed by atoms with Crippen LogP contribution in [0.1, 0.15) is 48.7 Å². The molecule has 0 N–H and O–H groups in total.